The number of oxime groups is 1. The van der Waals surface area contributed by atoms with E-state index in [4.69, 9.17) is 14.7 Å². The third-order valence-electron chi connectivity index (χ3n) is 3.07. The molecule has 0 aliphatic rings. The predicted octanol–water partition coefficient (Wildman–Crippen LogP) is 3.57. The fraction of sp³-hybridized carbons (Fsp3) is 0.529. The summed E-state index contributed by atoms with van der Waals surface area (Å²) in [6.07, 6.45) is 3.24. The molecule has 1 aromatic rings. The van der Waals surface area contributed by atoms with Crippen LogP contribution in [0.1, 0.15) is 38.7 Å². The van der Waals surface area contributed by atoms with Crippen LogP contribution < -0.4 is 4.74 Å². The smallest absolute Gasteiger partial charge is 0.314 e. The molecule has 0 amide bonds. The average molecular weight is 307 g/mol. The van der Waals surface area contributed by atoms with E-state index in [1.807, 2.05) is 31.2 Å². The van der Waals surface area contributed by atoms with Crippen LogP contribution in [0.5, 0.6) is 5.75 Å². The number of rotatable bonds is 9. The Hall–Kier alpha value is -2.04. The molecule has 1 aromatic carbocycles. The van der Waals surface area contributed by atoms with E-state index < -0.39 is 5.92 Å². The second kappa shape index (κ2) is 9.82. The number of nitrogens with zero attached hydrogens (tertiary/aromatic N) is 1. The Morgan fingerprint density at radius 3 is 2.77 bits per heavy atom. The minimum Gasteiger partial charge on any atom is -0.494 e. The molecule has 0 fully saturated rings. The van der Waals surface area contributed by atoms with Gasteiger partial charge in [0.25, 0.3) is 0 Å². The number of carbonyl (C=O) groups is 1. The van der Waals surface area contributed by atoms with Crippen molar-refractivity contribution in [2.24, 2.45) is 11.1 Å². The maximum Gasteiger partial charge on any atom is 0.314 e. The molecule has 5 nitrogen and oxygen atoms in total. The summed E-state index contributed by atoms with van der Waals surface area (Å²) in [5.74, 6) is -0.00791. The topological polar surface area (TPSA) is 68.1 Å². The predicted molar refractivity (Wildman–Crippen MR) is 85.5 cm³/mol. The number of ether oxygens (including phenoxy) is 2. The van der Waals surface area contributed by atoms with Crippen molar-refractivity contribution >= 4 is 12.2 Å². The van der Waals surface area contributed by atoms with E-state index in [1.54, 1.807) is 13.8 Å². The number of hydrogen-bond donors (Lipinski definition) is 1. The monoisotopic (exact) mass is 307 g/mol. The molecule has 0 aliphatic heterocycles. The molecule has 0 bridgehead atoms. The second-order valence-corrected chi connectivity index (χ2v) is 5.52. The van der Waals surface area contributed by atoms with Crippen LogP contribution in [0.25, 0.3) is 0 Å². The first-order valence-corrected chi connectivity index (χ1v) is 7.60. The van der Waals surface area contributed by atoms with Crippen molar-refractivity contribution in [1.29, 1.82) is 0 Å². The zero-order chi connectivity index (χ0) is 16.4. The van der Waals surface area contributed by atoms with Crippen LogP contribution in [0.4, 0.5) is 0 Å². The molecule has 1 N–H and O–H groups in total. The lowest BCUT2D eigenvalue weighted by Gasteiger charge is -2.14. The highest BCUT2D eigenvalue weighted by Crippen LogP contribution is 2.14. The third kappa shape index (κ3) is 7.11. The minimum absolute atomic E-state index is 0.174. The normalized spacial score (nSPS) is 12.5. The van der Waals surface area contributed by atoms with Gasteiger partial charge in [-0.2, -0.15) is 0 Å². The number of hydrogen-bond acceptors (Lipinski definition) is 5. The van der Waals surface area contributed by atoms with Gasteiger partial charge in [0.05, 0.1) is 24.8 Å². The van der Waals surface area contributed by atoms with Crippen molar-refractivity contribution < 1.29 is 19.5 Å². The molecule has 0 aromatic heterocycles. The number of aryl methyl sites for hydroxylation is 1. The van der Waals surface area contributed by atoms with E-state index in [0.29, 0.717) is 13.0 Å². The highest BCUT2D eigenvalue weighted by atomic mass is 16.5. The van der Waals surface area contributed by atoms with E-state index in [-0.39, 0.29) is 12.1 Å². The first-order chi connectivity index (χ1) is 10.5. The van der Waals surface area contributed by atoms with E-state index in [2.05, 4.69) is 5.16 Å². The first-order valence-electron chi connectivity index (χ1n) is 7.60. The Labute approximate surface area is 131 Å². The highest BCUT2D eigenvalue weighted by molar-refractivity contribution is 5.89. The van der Waals surface area contributed by atoms with Crippen LogP contribution in [0, 0.1) is 12.8 Å². The Morgan fingerprint density at radius 1 is 1.36 bits per heavy atom. The van der Waals surface area contributed by atoms with Crippen LogP contribution in [0.2, 0.25) is 0 Å². The zero-order valence-corrected chi connectivity index (χ0v) is 13.5. The molecule has 0 saturated carbocycles. The van der Waals surface area contributed by atoms with E-state index in [0.717, 1.165) is 24.2 Å². The molecule has 1 rings (SSSR count). The number of unbranched alkanes of at least 4 members (excludes halogenated alkanes) is 1. The number of carbonyl (C=O) groups excluding carboxylic acids is 1. The van der Waals surface area contributed by atoms with Crippen molar-refractivity contribution in [3.63, 3.8) is 0 Å². The number of esters is 1. The maximum absolute atomic E-state index is 11.8. The largest absolute Gasteiger partial charge is 0.494 e. The summed E-state index contributed by atoms with van der Waals surface area (Å²) >= 11 is 0. The van der Waals surface area contributed by atoms with Gasteiger partial charge in [0.1, 0.15) is 5.75 Å². The van der Waals surface area contributed by atoms with Crippen LogP contribution in [-0.2, 0) is 9.53 Å². The van der Waals surface area contributed by atoms with Gasteiger partial charge in [0.2, 0.25) is 0 Å². The molecule has 5 heteroatoms. The summed E-state index contributed by atoms with van der Waals surface area (Å²) in [7, 11) is 0. The van der Waals surface area contributed by atoms with Gasteiger partial charge >= 0.3 is 5.97 Å². The molecule has 122 valence electrons. The van der Waals surface area contributed by atoms with Crippen molar-refractivity contribution in [2.45, 2.75) is 46.1 Å². The second-order valence-electron chi connectivity index (χ2n) is 5.52. The van der Waals surface area contributed by atoms with Crippen LogP contribution in [0.15, 0.2) is 29.4 Å². The SMILES string of the molecule is Cc1cccc(OCCCCC(/C=N\O)C(=O)OC(C)C)c1. The first kappa shape index (κ1) is 18.0. The Bertz CT molecular complexity index is 485. The summed E-state index contributed by atoms with van der Waals surface area (Å²) in [5.41, 5.74) is 1.16. The maximum atomic E-state index is 11.8. The molecule has 0 saturated heterocycles. The van der Waals surface area contributed by atoms with Crippen LogP contribution in [0.3, 0.4) is 0 Å². The molecule has 0 spiro atoms. The van der Waals surface area contributed by atoms with Gasteiger partial charge < -0.3 is 14.7 Å². The minimum atomic E-state index is -0.508. The highest BCUT2D eigenvalue weighted by Gasteiger charge is 2.19. The summed E-state index contributed by atoms with van der Waals surface area (Å²) in [5, 5.41) is 11.6. The van der Waals surface area contributed by atoms with Gasteiger partial charge in [-0.25, -0.2) is 0 Å². The van der Waals surface area contributed by atoms with Crippen molar-refractivity contribution in [2.75, 3.05) is 6.61 Å². The summed E-state index contributed by atoms with van der Waals surface area (Å²) in [4.78, 5) is 11.8. The van der Waals surface area contributed by atoms with Gasteiger partial charge in [0, 0.05) is 0 Å². The molecule has 0 heterocycles. The number of benzene rings is 1. The fourth-order valence-electron chi connectivity index (χ4n) is 2.01. The Kier molecular flexibility index (Phi) is 8.04. The van der Waals surface area contributed by atoms with Gasteiger partial charge in [0.15, 0.2) is 0 Å². The lowest BCUT2D eigenvalue weighted by atomic mass is 10.0. The molecular formula is C17H25NO4. The summed E-state index contributed by atoms with van der Waals surface area (Å²) < 4.78 is 10.8. The van der Waals surface area contributed by atoms with Gasteiger partial charge in [-0.3, -0.25) is 4.79 Å². The lowest BCUT2D eigenvalue weighted by molar-refractivity contribution is -0.150. The standard InChI is InChI=1S/C17H25NO4/c1-13(2)22-17(19)15(12-18-20)8-4-5-10-21-16-9-6-7-14(3)11-16/h6-7,9,11-13,15,20H,4-5,8,10H2,1-3H3/b18-12-. The van der Waals surface area contributed by atoms with Crippen LogP contribution >= 0.6 is 0 Å². The summed E-state index contributed by atoms with van der Waals surface area (Å²) in [6, 6.07) is 7.89. The molecule has 22 heavy (non-hydrogen) atoms. The quantitative estimate of drug-likeness (QED) is 0.249. The molecule has 0 aliphatic carbocycles. The molecular weight excluding hydrogens is 282 g/mol. The molecule has 1 atom stereocenters. The fourth-order valence-corrected chi connectivity index (χ4v) is 2.01. The average Bonchev–Trinajstić information content (AvgIpc) is 2.45. The lowest BCUT2D eigenvalue weighted by Crippen LogP contribution is -2.22. The van der Waals surface area contributed by atoms with Crippen molar-refractivity contribution in [1.82, 2.24) is 0 Å². The van der Waals surface area contributed by atoms with Crippen LogP contribution in [-0.4, -0.2) is 30.1 Å². The van der Waals surface area contributed by atoms with Crippen molar-refractivity contribution in [3.05, 3.63) is 29.8 Å². The molecule has 0 radical (unpaired) electrons. The van der Waals surface area contributed by atoms with E-state index in [1.165, 1.54) is 6.21 Å². The Balaban J connectivity index is 2.29. The zero-order valence-electron chi connectivity index (χ0n) is 13.5. The van der Waals surface area contributed by atoms with E-state index in [9.17, 15) is 4.79 Å². The van der Waals surface area contributed by atoms with Gasteiger partial charge in [-0.05, 0) is 57.7 Å². The van der Waals surface area contributed by atoms with Crippen molar-refractivity contribution in [3.8, 4) is 5.75 Å². The van der Waals surface area contributed by atoms with E-state index >= 15 is 0 Å². The van der Waals surface area contributed by atoms with Gasteiger partial charge in [-0.1, -0.05) is 12.1 Å². The molecule has 1 unspecified atom stereocenters. The summed E-state index contributed by atoms with van der Waals surface area (Å²) in [6.45, 7) is 6.19. The third-order valence-corrected chi connectivity index (χ3v) is 3.07. The Morgan fingerprint density at radius 2 is 2.14 bits per heavy atom. The van der Waals surface area contributed by atoms with Gasteiger partial charge in [-0.15, -0.1) is 5.16 Å².